The second-order valence-electron chi connectivity index (χ2n) is 7.43. The van der Waals surface area contributed by atoms with E-state index in [1.807, 2.05) is 60.5 Å². The van der Waals surface area contributed by atoms with E-state index in [1.54, 1.807) is 30.4 Å². The summed E-state index contributed by atoms with van der Waals surface area (Å²) in [5.74, 6) is 0.471. The molecule has 0 bridgehead atoms. The Hall–Kier alpha value is -3.30. The maximum atomic E-state index is 13.7. The Bertz CT molecular complexity index is 1450. The average Bonchev–Trinajstić information content (AvgIpc) is 3.42. The molecule has 0 spiro atoms. The van der Waals surface area contributed by atoms with Crippen LogP contribution in [0.4, 0.5) is 5.69 Å². The summed E-state index contributed by atoms with van der Waals surface area (Å²) in [6.45, 7) is 2.15. The number of amides is 1. The van der Waals surface area contributed by atoms with E-state index in [2.05, 4.69) is 10.5 Å². The number of thioether (sulfide) groups is 1. The highest BCUT2D eigenvalue weighted by atomic mass is 32.2. The van der Waals surface area contributed by atoms with Gasteiger partial charge in [-0.15, -0.1) is 11.3 Å². The summed E-state index contributed by atoms with van der Waals surface area (Å²) in [6.07, 6.45) is 0. The Kier molecular flexibility index (Phi) is 5.15. The lowest BCUT2D eigenvalue weighted by Crippen LogP contribution is -2.35. The topological polar surface area (TPSA) is 75.9 Å². The highest BCUT2D eigenvalue weighted by Gasteiger charge is 2.27. The third-order valence-electron chi connectivity index (χ3n) is 5.43. The minimum atomic E-state index is -0.289. The number of hydrogen-bond acceptors (Lipinski definition) is 7. The summed E-state index contributed by atoms with van der Waals surface area (Å²) >= 11 is 2.88. The third-order valence-corrected chi connectivity index (χ3v) is 7.98. The Morgan fingerprint density at radius 2 is 1.91 bits per heavy atom. The van der Waals surface area contributed by atoms with E-state index in [1.165, 1.54) is 11.3 Å². The van der Waals surface area contributed by atoms with Gasteiger partial charge in [-0.1, -0.05) is 42.1 Å². The molecule has 1 aromatic heterocycles. The summed E-state index contributed by atoms with van der Waals surface area (Å²) in [6, 6.07) is 15.6. The molecular formula is C23H20N4O3S2. The quantitative estimate of drug-likeness (QED) is 0.641. The van der Waals surface area contributed by atoms with Gasteiger partial charge in [-0.2, -0.15) is 5.10 Å². The number of nitrogens with one attached hydrogen (secondary N) is 1. The van der Waals surface area contributed by atoms with Crippen molar-refractivity contribution in [3.05, 3.63) is 73.6 Å². The van der Waals surface area contributed by atoms with E-state index in [9.17, 15) is 9.59 Å². The predicted octanol–water partition coefficient (Wildman–Crippen LogP) is 1.93. The first-order valence-electron chi connectivity index (χ1n) is 9.94. The number of rotatable bonds is 3. The van der Waals surface area contributed by atoms with E-state index in [-0.39, 0.29) is 11.5 Å². The van der Waals surface area contributed by atoms with Crippen molar-refractivity contribution in [3.8, 4) is 5.75 Å². The Morgan fingerprint density at radius 1 is 1.12 bits per heavy atom. The number of fused-ring (bicyclic) bond motifs is 1. The number of hydrogen-bond donors (Lipinski definition) is 1. The lowest BCUT2D eigenvalue weighted by atomic mass is 10.2. The molecule has 3 aromatic rings. The van der Waals surface area contributed by atoms with Crippen LogP contribution in [0, 0.1) is 0 Å². The van der Waals surface area contributed by atoms with Gasteiger partial charge in [0, 0.05) is 18.0 Å². The molecule has 2 aliphatic heterocycles. The number of thiazole rings is 1. The van der Waals surface area contributed by atoms with Crippen LogP contribution in [0.3, 0.4) is 0 Å². The maximum Gasteiger partial charge on any atom is 0.276 e. The summed E-state index contributed by atoms with van der Waals surface area (Å²) in [5.41, 5.74) is 5.38. The van der Waals surface area contributed by atoms with Crippen LogP contribution >= 0.6 is 23.1 Å². The molecule has 0 unspecified atom stereocenters. The first-order chi connectivity index (χ1) is 15.5. The fourth-order valence-electron chi connectivity index (χ4n) is 3.76. The largest absolute Gasteiger partial charge is 0.497 e. The smallest absolute Gasteiger partial charge is 0.276 e. The zero-order chi connectivity index (χ0) is 22.4. The number of anilines is 1. The molecular weight excluding hydrogens is 444 g/mol. The van der Waals surface area contributed by atoms with Crippen LogP contribution in [0.2, 0.25) is 0 Å². The number of aromatic nitrogens is 1. The van der Waals surface area contributed by atoms with Crippen molar-refractivity contribution in [1.82, 2.24) is 9.99 Å². The number of methoxy groups -OCH3 is 1. The van der Waals surface area contributed by atoms with Crippen molar-refractivity contribution in [1.29, 1.82) is 0 Å². The second-order valence-corrected chi connectivity index (χ2v) is 9.46. The van der Waals surface area contributed by atoms with Crippen LogP contribution in [0.1, 0.15) is 12.5 Å². The molecule has 5 rings (SSSR count). The molecule has 1 amide bonds. The van der Waals surface area contributed by atoms with Crippen molar-refractivity contribution in [2.45, 2.75) is 18.4 Å². The summed E-state index contributed by atoms with van der Waals surface area (Å²) in [7, 11) is 3.58. The molecule has 0 radical (unpaired) electrons. The molecule has 32 heavy (non-hydrogen) atoms. The van der Waals surface area contributed by atoms with Crippen LogP contribution in [-0.2, 0) is 11.3 Å². The summed E-state index contributed by atoms with van der Waals surface area (Å²) in [4.78, 5) is 29.3. The zero-order valence-electron chi connectivity index (χ0n) is 17.7. The summed E-state index contributed by atoms with van der Waals surface area (Å²) in [5, 5.41) is 4.90. The number of carbonyl (C=O) groups is 1. The molecule has 0 atom stereocenters. The van der Waals surface area contributed by atoms with Gasteiger partial charge in [-0.3, -0.25) is 14.2 Å². The molecule has 0 saturated carbocycles. The van der Waals surface area contributed by atoms with Gasteiger partial charge in [-0.05, 0) is 24.6 Å². The van der Waals surface area contributed by atoms with Gasteiger partial charge in [0.25, 0.3) is 11.5 Å². The molecule has 0 saturated heterocycles. The minimum Gasteiger partial charge on any atom is -0.497 e. The Morgan fingerprint density at radius 3 is 2.59 bits per heavy atom. The lowest BCUT2D eigenvalue weighted by Gasteiger charge is -2.13. The van der Waals surface area contributed by atoms with Gasteiger partial charge in [0.2, 0.25) is 0 Å². The second kappa shape index (κ2) is 7.99. The number of hydrazone groups is 1. The standard InChI is InChI=1S/C23H20N4O3S2/c1-13-18(20(28)25-24-13)22-27(12-14-7-5-4-6-8-14)21(29)19(32-22)23-26(2)16-11-15(30-3)9-10-17(16)31-23/h4-11H,12H2,1-3H3,(H,25,28). The van der Waals surface area contributed by atoms with E-state index in [0.717, 1.165) is 26.9 Å². The SMILES string of the molecule is COc1ccc2c(c1)N(C)C(=c1sc(=C3C(=O)NN=C3C)n(Cc3ccccc3)c1=O)S2. The Balaban J connectivity index is 1.76. The van der Waals surface area contributed by atoms with E-state index in [4.69, 9.17) is 4.74 Å². The fraction of sp³-hybridized carbons (Fsp3) is 0.174. The van der Waals surface area contributed by atoms with Gasteiger partial charge in [0.15, 0.2) is 0 Å². The maximum absolute atomic E-state index is 13.7. The van der Waals surface area contributed by atoms with Crippen LogP contribution < -0.4 is 29.8 Å². The van der Waals surface area contributed by atoms with Gasteiger partial charge < -0.3 is 9.64 Å². The molecule has 2 aliphatic rings. The van der Waals surface area contributed by atoms with Crippen LogP contribution in [0.15, 0.2) is 63.3 Å². The molecule has 1 N–H and O–H groups in total. The predicted molar refractivity (Wildman–Crippen MR) is 129 cm³/mol. The van der Waals surface area contributed by atoms with Crippen molar-refractivity contribution >= 4 is 51.0 Å². The molecule has 2 aromatic carbocycles. The van der Waals surface area contributed by atoms with Crippen LogP contribution in [0.25, 0.3) is 10.6 Å². The molecule has 0 fully saturated rings. The molecule has 0 aliphatic carbocycles. The third kappa shape index (κ3) is 3.34. The highest BCUT2D eigenvalue weighted by molar-refractivity contribution is 8.08. The van der Waals surface area contributed by atoms with Gasteiger partial charge in [0.1, 0.15) is 20.0 Å². The van der Waals surface area contributed by atoms with E-state index in [0.29, 0.717) is 27.0 Å². The first kappa shape index (κ1) is 20.6. The fourth-order valence-corrected chi connectivity index (χ4v) is 6.28. The molecule has 162 valence electrons. The zero-order valence-corrected chi connectivity index (χ0v) is 19.3. The monoisotopic (exact) mass is 464 g/mol. The van der Waals surface area contributed by atoms with Crippen molar-refractivity contribution < 1.29 is 9.53 Å². The Labute approximate surface area is 192 Å². The summed E-state index contributed by atoms with van der Waals surface area (Å²) < 4.78 is 8.25. The number of ether oxygens (including phenoxy) is 1. The van der Waals surface area contributed by atoms with Gasteiger partial charge in [-0.25, -0.2) is 5.43 Å². The number of nitrogens with zero attached hydrogens (tertiary/aromatic N) is 3. The molecule has 3 heterocycles. The average molecular weight is 465 g/mol. The van der Waals surface area contributed by atoms with Crippen LogP contribution in [-0.4, -0.2) is 30.3 Å². The van der Waals surface area contributed by atoms with Crippen molar-refractivity contribution in [3.63, 3.8) is 0 Å². The molecule has 9 heteroatoms. The highest BCUT2D eigenvalue weighted by Crippen LogP contribution is 2.46. The lowest BCUT2D eigenvalue weighted by molar-refractivity contribution is -0.115. The van der Waals surface area contributed by atoms with Crippen molar-refractivity contribution in [2.75, 3.05) is 19.1 Å². The normalized spacial score (nSPS) is 18.5. The van der Waals surface area contributed by atoms with Crippen LogP contribution in [0.5, 0.6) is 5.75 Å². The first-order valence-corrected chi connectivity index (χ1v) is 11.6. The number of carbonyl (C=O) groups excluding carboxylic acids is 1. The van der Waals surface area contributed by atoms with Crippen molar-refractivity contribution in [2.24, 2.45) is 5.10 Å². The number of benzene rings is 2. The van der Waals surface area contributed by atoms with Gasteiger partial charge >= 0.3 is 0 Å². The molecule has 7 nitrogen and oxygen atoms in total. The van der Waals surface area contributed by atoms with E-state index >= 15 is 0 Å². The van der Waals surface area contributed by atoms with E-state index < -0.39 is 0 Å². The minimum absolute atomic E-state index is 0.122. The van der Waals surface area contributed by atoms with Gasteiger partial charge in [0.05, 0.1) is 30.6 Å².